The average Bonchev–Trinajstić information content (AvgIpc) is 3.46. The van der Waals surface area contributed by atoms with Gasteiger partial charge in [0.15, 0.2) is 0 Å². The fourth-order valence-corrected chi connectivity index (χ4v) is 8.98. The number of anilines is 1. The van der Waals surface area contributed by atoms with Crippen molar-refractivity contribution in [2.45, 2.75) is 64.2 Å². The van der Waals surface area contributed by atoms with Crippen molar-refractivity contribution in [1.29, 1.82) is 0 Å². The zero-order chi connectivity index (χ0) is 34.3. The van der Waals surface area contributed by atoms with E-state index in [1.54, 1.807) is 14.2 Å². The Bertz CT molecular complexity index is 2090. The fraction of sp³-hybridized carbons (Fsp3) is 0.333. The van der Waals surface area contributed by atoms with E-state index in [0.717, 1.165) is 37.3 Å². The van der Waals surface area contributed by atoms with Crippen molar-refractivity contribution in [3.05, 3.63) is 141 Å². The monoisotopic (exact) mass is 669 g/mol. The van der Waals surface area contributed by atoms with Gasteiger partial charge in [0, 0.05) is 48.0 Å². The fourth-order valence-electron chi connectivity index (χ4n) is 8.67. The minimum absolute atomic E-state index is 0.139. The van der Waals surface area contributed by atoms with Crippen molar-refractivity contribution in [1.82, 2.24) is 0 Å². The number of fused-ring (bicyclic) bond motifs is 6. The highest BCUT2D eigenvalue weighted by atomic mass is 35.5. The van der Waals surface area contributed by atoms with Gasteiger partial charge in [-0.2, -0.15) is 0 Å². The Hall–Kier alpha value is -3.89. The summed E-state index contributed by atoms with van der Waals surface area (Å²) < 4.78 is 11.2. The van der Waals surface area contributed by atoms with E-state index in [2.05, 4.69) is 130 Å². The third-order valence-electron chi connectivity index (χ3n) is 11.1. The summed E-state index contributed by atoms with van der Waals surface area (Å²) in [4.78, 5) is 2.45. The lowest BCUT2D eigenvalue weighted by atomic mass is 9.78. The first-order chi connectivity index (χ1) is 23.7. The summed E-state index contributed by atoms with van der Waals surface area (Å²) in [5.41, 5.74) is 11.5. The molecule has 0 N–H and O–H groups in total. The molecule has 4 aromatic rings. The van der Waals surface area contributed by atoms with Crippen LogP contribution in [-0.2, 0) is 20.3 Å². The summed E-state index contributed by atoms with van der Waals surface area (Å²) in [5, 5.41) is 6.10. The van der Waals surface area contributed by atoms with Gasteiger partial charge in [-0.05, 0) is 98.4 Å². The SMILES string of the molecule is COCCC1=C(/C=C/C2=C(Cl)C(=C/C=C3/N(CCOC)c4ccc5ccccc5c4C3(C)C)/CCC2)C(C)(C)c2c1ccc1ccccc21. The molecule has 3 nitrogen and oxygen atoms in total. The Balaban J connectivity index is 1.26. The largest absolute Gasteiger partial charge is 0.384 e. The highest BCUT2D eigenvalue weighted by Gasteiger charge is 2.41. The van der Waals surface area contributed by atoms with Crippen LogP contribution < -0.4 is 4.90 Å². The Labute approximate surface area is 297 Å². The van der Waals surface area contributed by atoms with Gasteiger partial charge in [0.2, 0.25) is 0 Å². The van der Waals surface area contributed by atoms with Crippen LogP contribution in [-0.4, -0.2) is 34.0 Å². The summed E-state index contributed by atoms with van der Waals surface area (Å²) in [6, 6.07) is 26.6. The van der Waals surface area contributed by atoms with Crippen molar-refractivity contribution in [2.75, 3.05) is 38.9 Å². The normalized spacial score (nSPS) is 20.1. The van der Waals surface area contributed by atoms with E-state index in [4.69, 9.17) is 21.1 Å². The molecule has 0 fully saturated rings. The van der Waals surface area contributed by atoms with Crippen LogP contribution in [0.1, 0.15) is 70.1 Å². The van der Waals surface area contributed by atoms with Gasteiger partial charge in [-0.3, -0.25) is 0 Å². The molecule has 3 aliphatic rings. The topological polar surface area (TPSA) is 21.7 Å². The highest BCUT2D eigenvalue weighted by molar-refractivity contribution is 6.32. The Kier molecular flexibility index (Phi) is 9.21. The molecule has 0 atom stereocenters. The van der Waals surface area contributed by atoms with E-state index < -0.39 is 0 Å². The maximum Gasteiger partial charge on any atom is 0.0642 e. The molecular weight excluding hydrogens is 622 g/mol. The Morgan fingerprint density at radius 2 is 1.41 bits per heavy atom. The number of allylic oxidation sites excluding steroid dienone is 9. The van der Waals surface area contributed by atoms with Gasteiger partial charge in [0.05, 0.1) is 13.2 Å². The van der Waals surface area contributed by atoms with Crippen LogP contribution in [0.25, 0.3) is 27.1 Å². The molecule has 4 aromatic carbocycles. The molecule has 1 heterocycles. The average molecular weight is 670 g/mol. The number of halogens is 1. The molecule has 0 saturated heterocycles. The van der Waals surface area contributed by atoms with Crippen LogP contribution in [0.4, 0.5) is 5.69 Å². The van der Waals surface area contributed by atoms with Crippen LogP contribution in [0.15, 0.2) is 125 Å². The minimum Gasteiger partial charge on any atom is -0.384 e. The van der Waals surface area contributed by atoms with Crippen molar-refractivity contribution in [2.24, 2.45) is 0 Å². The first-order valence-electron chi connectivity index (χ1n) is 17.7. The number of hydrogen-bond donors (Lipinski definition) is 0. The predicted molar refractivity (Wildman–Crippen MR) is 209 cm³/mol. The van der Waals surface area contributed by atoms with Gasteiger partial charge >= 0.3 is 0 Å². The third-order valence-corrected chi connectivity index (χ3v) is 11.5. The summed E-state index contributed by atoms with van der Waals surface area (Å²) >= 11 is 7.30. The highest BCUT2D eigenvalue weighted by Crippen LogP contribution is 2.52. The third kappa shape index (κ3) is 5.80. The zero-order valence-corrected chi connectivity index (χ0v) is 30.6. The summed E-state index contributed by atoms with van der Waals surface area (Å²) in [5.74, 6) is 0. The van der Waals surface area contributed by atoms with Crippen LogP contribution in [0, 0.1) is 0 Å². The lowest BCUT2D eigenvalue weighted by Gasteiger charge is -2.27. The van der Waals surface area contributed by atoms with Crippen molar-refractivity contribution in [3.63, 3.8) is 0 Å². The van der Waals surface area contributed by atoms with Crippen LogP contribution in [0.5, 0.6) is 0 Å². The van der Waals surface area contributed by atoms with E-state index in [1.807, 2.05) is 0 Å². The minimum atomic E-state index is -0.174. The van der Waals surface area contributed by atoms with Gasteiger partial charge in [-0.1, -0.05) is 124 Å². The van der Waals surface area contributed by atoms with Gasteiger partial charge in [-0.25, -0.2) is 0 Å². The van der Waals surface area contributed by atoms with Gasteiger partial charge in [0.25, 0.3) is 0 Å². The number of methoxy groups -OCH3 is 2. The van der Waals surface area contributed by atoms with Gasteiger partial charge < -0.3 is 14.4 Å². The number of hydrogen-bond acceptors (Lipinski definition) is 3. The smallest absolute Gasteiger partial charge is 0.0642 e. The van der Waals surface area contributed by atoms with E-state index >= 15 is 0 Å². The second-order valence-electron chi connectivity index (χ2n) is 14.7. The number of nitrogens with zero attached hydrogens (tertiary/aromatic N) is 1. The quantitative estimate of drug-likeness (QED) is 0.177. The first-order valence-corrected chi connectivity index (χ1v) is 18.1. The molecule has 2 aliphatic carbocycles. The Morgan fingerprint density at radius 1 is 0.735 bits per heavy atom. The summed E-state index contributed by atoms with van der Waals surface area (Å²) in [7, 11) is 3.57. The molecule has 0 unspecified atom stereocenters. The van der Waals surface area contributed by atoms with Crippen LogP contribution >= 0.6 is 11.6 Å². The van der Waals surface area contributed by atoms with Gasteiger partial charge in [0.1, 0.15) is 0 Å². The number of benzene rings is 4. The maximum atomic E-state index is 7.30. The molecule has 252 valence electrons. The zero-order valence-electron chi connectivity index (χ0n) is 29.8. The lowest BCUT2D eigenvalue weighted by Crippen LogP contribution is -2.29. The maximum absolute atomic E-state index is 7.30. The van der Waals surface area contributed by atoms with E-state index in [1.165, 1.54) is 71.9 Å². The Morgan fingerprint density at radius 3 is 2.12 bits per heavy atom. The lowest BCUT2D eigenvalue weighted by molar-refractivity contribution is 0.206. The second-order valence-corrected chi connectivity index (χ2v) is 15.1. The molecule has 0 radical (unpaired) electrons. The molecular formula is C45H48ClNO2. The molecule has 0 spiro atoms. The summed E-state index contributed by atoms with van der Waals surface area (Å²) in [6.45, 7) is 11.6. The van der Waals surface area contributed by atoms with Crippen molar-refractivity contribution < 1.29 is 9.47 Å². The molecule has 0 bridgehead atoms. The van der Waals surface area contributed by atoms with Gasteiger partial charge in [-0.15, -0.1) is 0 Å². The standard InChI is InChI=1S/C45H48ClNO2/c1-44(2)38(36(26-28-48-5)37-22-18-30-12-7-9-16-34(30)41(37)44)23-19-32-14-11-15-33(43(32)46)21-25-40-45(3,4)42-35-17-10-8-13-31(35)20-24-39(42)47(40)27-29-49-6/h7-10,12-13,16-25H,11,14-15,26-29H2,1-6H3/b23-19+,33-21+,40-25+. The first kappa shape index (κ1) is 33.6. The second kappa shape index (κ2) is 13.4. The molecule has 7 rings (SSSR count). The van der Waals surface area contributed by atoms with Crippen LogP contribution in [0.3, 0.4) is 0 Å². The summed E-state index contributed by atoms with van der Waals surface area (Å²) in [6.07, 6.45) is 13.2. The van der Waals surface area contributed by atoms with Crippen molar-refractivity contribution >= 4 is 44.4 Å². The molecule has 49 heavy (non-hydrogen) atoms. The number of rotatable bonds is 9. The van der Waals surface area contributed by atoms with E-state index in [-0.39, 0.29) is 10.8 Å². The van der Waals surface area contributed by atoms with Crippen LogP contribution in [0.2, 0.25) is 0 Å². The van der Waals surface area contributed by atoms with E-state index in [9.17, 15) is 0 Å². The molecule has 0 aromatic heterocycles. The molecule has 0 saturated carbocycles. The predicted octanol–water partition coefficient (Wildman–Crippen LogP) is 11.6. The molecule has 1 aliphatic heterocycles. The van der Waals surface area contributed by atoms with E-state index in [0.29, 0.717) is 13.2 Å². The number of ether oxygens (including phenoxy) is 2. The molecule has 0 amide bonds. The molecule has 4 heteroatoms. The van der Waals surface area contributed by atoms with Crippen molar-refractivity contribution in [3.8, 4) is 0 Å².